The molecule has 1 fully saturated rings. The molecular weight excluding hydrogens is 352 g/mol. The quantitative estimate of drug-likeness (QED) is 0.688. The van der Waals surface area contributed by atoms with Crippen LogP contribution in [0, 0.1) is 6.07 Å². The summed E-state index contributed by atoms with van der Waals surface area (Å²) in [5, 5.41) is 1.94. The summed E-state index contributed by atoms with van der Waals surface area (Å²) in [6, 6.07) is 19.1. The third kappa shape index (κ3) is 3.87. The highest BCUT2D eigenvalue weighted by molar-refractivity contribution is 7.19. The fourth-order valence-corrected chi connectivity index (χ4v) is 4.53. The van der Waals surface area contributed by atoms with Crippen molar-refractivity contribution in [1.29, 1.82) is 0 Å². The molecule has 1 radical (unpaired) electrons. The maximum Gasteiger partial charge on any atom is 0.237 e. The number of rotatable bonds is 4. The fourth-order valence-electron chi connectivity index (χ4n) is 3.17. The largest absolute Gasteiger partial charge is 0.335 e. The van der Waals surface area contributed by atoms with Crippen molar-refractivity contribution >= 4 is 38.9 Å². The van der Waals surface area contributed by atoms with E-state index in [1.165, 1.54) is 20.5 Å². The third-order valence-corrected chi connectivity index (χ3v) is 5.79. The predicted octanol–water partition coefficient (Wildman–Crippen LogP) is 4.20. The highest BCUT2D eigenvalue weighted by atomic mass is 35.5. The van der Waals surface area contributed by atoms with Crippen molar-refractivity contribution in [2.24, 2.45) is 0 Å². The number of hydrogen-bond acceptors (Lipinski definition) is 3. The van der Waals surface area contributed by atoms with Gasteiger partial charge in [-0.1, -0.05) is 41.9 Å². The minimum atomic E-state index is 0.198. The van der Waals surface area contributed by atoms with Crippen LogP contribution in [0.15, 0.2) is 48.5 Å². The monoisotopic (exact) mass is 369 g/mol. The van der Waals surface area contributed by atoms with Gasteiger partial charge in [-0.25, -0.2) is 0 Å². The molecule has 0 aliphatic carbocycles. The van der Waals surface area contributed by atoms with E-state index in [0.717, 1.165) is 24.7 Å². The van der Waals surface area contributed by atoms with Crippen LogP contribution in [0.5, 0.6) is 0 Å². The Bertz CT molecular complexity index is 893. The maximum absolute atomic E-state index is 12.5. The molecule has 0 spiro atoms. The molecule has 1 aliphatic heterocycles. The summed E-state index contributed by atoms with van der Waals surface area (Å²) in [4.78, 5) is 17.9. The van der Waals surface area contributed by atoms with E-state index < -0.39 is 0 Å². The van der Waals surface area contributed by atoms with Crippen molar-refractivity contribution in [2.75, 3.05) is 19.6 Å². The van der Waals surface area contributed by atoms with E-state index in [1.807, 2.05) is 35.2 Å². The van der Waals surface area contributed by atoms with Gasteiger partial charge in [-0.2, -0.15) is 0 Å². The number of benzene rings is 2. The van der Waals surface area contributed by atoms with Gasteiger partial charge in [-0.15, -0.1) is 11.3 Å². The van der Waals surface area contributed by atoms with Gasteiger partial charge in [0.25, 0.3) is 0 Å². The lowest BCUT2D eigenvalue weighted by Gasteiger charge is -2.34. The van der Waals surface area contributed by atoms with E-state index >= 15 is 0 Å². The highest BCUT2D eigenvalue weighted by Crippen LogP contribution is 2.29. The number of amides is 1. The normalized spacial score (nSPS) is 15.9. The van der Waals surface area contributed by atoms with Gasteiger partial charge in [0.2, 0.25) is 5.91 Å². The van der Waals surface area contributed by atoms with Gasteiger partial charge in [0, 0.05) is 34.2 Å². The number of piperazine rings is 1. The van der Waals surface area contributed by atoms with Crippen molar-refractivity contribution in [3.8, 4) is 0 Å². The molecule has 3 aromatic rings. The lowest BCUT2D eigenvalue weighted by molar-refractivity contribution is -0.136. The van der Waals surface area contributed by atoms with Gasteiger partial charge < -0.3 is 4.90 Å². The Labute approximate surface area is 156 Å². The zero-order chi connectivity index (χ0) is 17.2. The summed E-state index contributed by atoms with van der Waals surface area (Å²) < 4.78 is 1.18. The molecule has 1 saturated heterocycles. The molecule has 0 saturated carbocycles. The number of thiophene rings is 1. The minimum absolute atomic E-state index is 0.198. The van der Waals surface area contributed by atoms with Gasteiger partial charge in [0.15, 0.2) is 0 Å². The molecule has 0 unspecified atom stereocenters. The van der Waals surface area contributed by atoms with Crippen LogP contribution < -0.4 is 0 Å². The highest BCUT2D eigenvalue weighted by Gasteiger charge is 2.24. The maximum atomic E-state index is 12.5. The molecule has 0 atom stereocenters. The Morgan fingerprint density at radius 2 is 1.92 bits per heavy atom. The van der Waals surface area contributed by atoms with Crippen LogP contribution in [-0.4, -0.2) is 35.3 Å². The first-order valence-electron chi connectivity index (χ1n) is 8.30. The third-order valence-electron chi connectivity index (χ3n) is 4.47. The first-order chi connectivity index (χ1) is 12.2. The number of carbonyl (C=O) groups is 1. The summed E-state index contributed by atoms with van der Waals surface area (Å²) >= 11 is 7.78. The van der Waals surface area contributed by atoms with Crippen molar-refractivity contribution < 1.29 is 4.79 Å². The Hall–Kier alpha value is -1.88. The molecule has 4 rings (SSSR count). The first-order valence-corrected chi connectivity index (χ1v) is 9.50. The van der Waals surface area contributed by atoms with Gasteiger partial charge >= 0.3 is 0 Å². The number of carbonyl (C=O) groups excluding carboxylic acids is 1. The molecule has 3 nitrogen and oxygen atoms in total. The second-order valence-electron chi connectivity index (χ2n) is 6.33. The molecule has 1 aliphatic rings. The summed E-state index contributed by atoms with van der Waals surface area (Å²) in [5.74, 6) is 0.198. The van der Waals surface area contributed by atoms with Crippen LogP contribution in [0.3, 0.4) is 0 Å². The Balaban J connectivity index is 1.40. The lowest BCUT2D eigenvalue weighted by Crippen LogP contribution is -2.49. The molecule has 1 aromatic heterocycles. The minimum Gasteiger partial charge on any atom is -0.335 e. The molecule has 1 amide bonds. The molecule has 0 bridgehead atoms. The van der Waals surface area contributed by atoms with E-state index in [1.54, 1.807) is 11.3 Å². The number of nitrogens with zero attached hydrogens (tertiary/aromatic N) is 2. The summed E-state index contributed by atoms with van der Waals surface area (Å²) in [6.07, 6.45) is 0. The molecule has 2 heterocycles. The Morgan fingerprint density at radius 3 is 2.72 bits per heavy atom. The van der Waals surface area contributed by atoms with Crippen LogP contribution in [-0.2, 0) is 17.9 Å². The van der Waals surface area contributed by atoms with Crippen molar-refractivity contribution in [3.63, 3.8) is 0 Å². The average molecular weight is 370 g/mol. The zero-order valence-electron chi connectivity index (χ0n) is 13.7. The van der Waals surface area contributed by atoms with Crippen LogP contribution in [0.25, 0.3) is 10.1 Å². The lowest BCUT2D eigenvalue weighted by atomic mass is 10.2. The van der Waals surface area contributed by atoms with Crippen molar-refractivity contribution in [1.82, 2.24) is 9.80 Å². The van der Waals surface area contributed by atoms with Crippen LogP contribution in [0.1, 0.15) is 10.4 Å². The van der Waals surface area contributed by atoms with Crippen molar-refractivity contribution in [3.05, 3.63) is 70.1 Å². The van der Waals surface area contributed by atoms with Gasteiger partial charge in [0.05, 0.1) is 13.1 Å². The Morgan fingerprint density at radius 1 is 1.08 bits per heavy atom. The summed E-state index contributed by atoms with van der Waals surface area (Å²) in [6.45, 7) is 3.66. The first kappa shape index (κ1) is 16.6. The summed E-state index contributed by atoms with van der Waals surface area (Å²) in [5.41, 5.74) is 1.22. The fraction of sp³-hybridized carbons (Fsp3) is 0.250. The van der Waals surface area contributed by atoms with Gasteiger partial charge in [-0.3, -0.25) is 9.69 Å². The molecular formula is C20H18ClN2OS. The van der Waals surface area contributed by atoms with Crippen molar-refractivity contribution in [2.45, 2.75) is 13.1 Å². The smallest absolute Gasteiger partial charge is 0.237 e. The van der Waals surface area contributed by atoms with Gasteiger partial charge in [-0.05, 0) is 35.2 Å². The average Bonchev–Trinajstić information content (AvgIpc) is 3.00. The predicted molar refractivity (Wildman–Crippen MR) is 103 cm³/mol. The number of fused-ring (bicyclic) bond motifs is 1. The zero-order valence-corrected chi connectivity index (χ0v) is 15.3. The molecule has 127 valence electrons. The van der Waals surface area contributed by atoms with E-state index in [0.29, 0.717) is 13.1 Å². The van der Waals surface area contributed by atoms with E-state index in [-0.39, 0.29) is 5.91 Å². The molecule has 0 N–H and O–H groups in total. The van der Waals surface area contributed by atoms with E-state index in [2.05, 4.69) is 29.2 Å². The van der Waals surface area contributed by atoms with Crippen LogP contribution in [0.2, 0.25) is 5.02 Å². The number of hydrogen-bond donors (Lipinski definition) is 0. The van der Waals surface area contributed by atoms with Gasteiger partial charge in [0.1, 0.15) is 0 Å². The van der Waals surface area contributed by atoms with E-state index in [9.17, 15) is 4.79 Å². The molecule has 2 aromatic carbocycles. The standard InChI is InChI=1S/C20H18ClN2OS/c21-17-7-6-16-10-18(25-19(16)11-17)13-23-9-8-22(14-20(23)24)12-15-4-2-1-3-5-15/h2-7,10-11H,8-9,12-14H2. The molecule has 25 heavy (non-hydrogen) atoms. The second-order valence-corrected chi connectivity index (χ2v) is 7.93. The number of halogens is 1. The van der Waals surface area contributed by atoms with Crippen LogP contribution in [0.4, 0.5) is 0 Å². The summed E-state index contributed by atoms with van der Waals surface area (Å²) in [7, 11) is 0. The second kappa shape index (κ2) is 7.16. The van der Waals surface area contributed by atoms with Crippen LogP contribution >= 0.6 is 22.9 Å². The topological polar surface area (TPSA) is 23.6 Å². The molecule has 5 heteroatoms. The SMILES string of the molecule is O=C1CN(Cc2cc[c]cc2)CCN1Cc1cc2ccc(Cl)cc2s1. The Kier molecular flexibility index (Phi) is 4.75. The van der Waals surface area contributed by atoms with E-state index in [4.69, 9.17) is 11.6 Å².